The van der Waals surface area contributed by atoms with Gasteiger partial charge in [0.2, 0.25) is 10.0 Å². The maximum atomic E-state index is 11.9. The van der Waals surface area contributed by atoms with Crippen molar-refractivity contribution in [3.05, 3.63) is 24.3 Å². The van der Waals surface area contributed by atoms with Crippen LogP contribution in [0.25, 0.3) is 0 Å². The Morgan fingerprint density at radius 2 is 1.81 bits per heavy atom. The van der Waals surface area contributed by atoms with E-state index < -0.39 is 45.6 Å². The van der Waals surface area contributed by atoms with Gasteiger partial charge in [-0.1, -0.05) is 0 Å². The molecule has 11 heteroatoms. The van der Waals surface area contributed by atoms with Crippen molar-refractivity contribution < 1.29 is 41.3 Å². The Labute approximate surface area is 117 Å². The number of alkyl halides is 3. The van der Waals surface area contributed by atoms with Crippen molar-refractivity contribution in [2.75, 3.05) is 6.61 Å². The number of aliphatic carboxylic acids is 1. The minimum absolute atomic E-state index is 0.475. The lowest BCUT2D eigenvalue weighted by atomic mass is 10.3. The zero-order valence-corrected chi connectivity index (χ0v) is 11.0. The van der Waals surface area contributed by atoms with Crippen molar-refractivity contribution in [3.63, 3.8) is 0 Å². The third kappa shape index (κ3) is 5.21. The van der Waals surface area contributed by atoms with E-state index in [9.17, 15) is 26.4 Å². The molecule has 7 nitrogen and oxygen atoms in total. The van der Waals surface area contributed by atoms with Crippen LogP contribution in [0, 0.1) is 0 Å². The molecule has 0 aliphatic rings. The fourth-order valence-corrected chi connectivity index (χ4v) is 2.42. The number of aliphatic hydroxyl groups is 1. The Morgan fingerprint density at radius 1 is 1.29 bits per heavy atom. The second-order valence-electron chi connectivity index (χ2n) is 3.71. The molecule has 0 spiro atoms. The van der Waals surface area contributed by atoms with E-state index >= 15 is 0 Å². The summed E-state index contributed by atoms with van der Waals surface area (Å²) in [6.45, 7) is -0.982. The van der Waals surface area contributed by atoms with Gasteiger partial charge in [-0.05, 0) is 24.3 Å². The zero-order chi connectivity index (χ0) is 16.3. The topological polar surface area (TPSA) is 113 Å². The largest absolute Gasteiger partial charge is 0.573 e. The van der Waals surface area contributed by atoms with Crippen LogP contribution in [0.2, 0.25) is 0 Å². The fourth-order valence-electron chi connectivity index (χ4n) is 1.24. The van der Waals surface area contributed by atoms with E-state index in [0.29, 0.717) is 0 Å². The maximum Gasteiger partial charge on any atom is 0.573 e. The van der Waals surface area contributed by atoms with Crippen molar-refractivity contribution in [1.82, 2.24) is 4.72 Å². The van der Waals surface area contributed by atoms with E-state index in [0.717, 1.165) is 24.3 Å². The molecule has 0 fully saturated rings. The van der Waals surface area contributed by atoms with E-state index in [4.69, 9.17) is 10.2 Å². The van der Waals surface area contributed by atoms with Gasteiger partial charge in [0.1, 0.15) is 11.8 Å². The lowest BCUT2D eigenvalue weighted by molar-refractivity contribution is -0.274. The molecule has 1 aromatic rings. The van der Waals surface area contributed by atoms with Crippen molar-refractivity contribution in [2.45, 2.75) is 17.3 Å². The van der Waals surface area contributed by atoms with Crippen molar-refractivity contribution in [1.29, 1.82) is 0 Å². The van der Waals surface area contributed by atoms with Gasteiger partial charge in [0.05, 0.1) is 11.5 Å². The third-order valence-corrected chi connectivity index (χ3v) is 3.63. The van der Waals surface area contributed by atoms with Crippen LogP contribution in [-0.4, -0.2) is 43.6 Å². The number of carboxylic acids is 1. The minimum atomic E-state index is -4.91. The summed E-state index contributed by atoms with van der Waals surface area (Å²) in [6, 6.07) is 1.37. The van der Waals surface area contributed by atoms with Crippen molar-refractivity contribution in [3.8, 4) is 5.75 Å². The summed E-state index contributed by atoms with van der Waals surface area (Å²) < 4.78 is 64.6. The quantitative estimate of drug-likeness (QED) is 0.692. The molecule has 0 saturated carbocycles. The van der Waals surface area contributed by atoms with Gasteiger partial charge in [0, 0.05) is 0 Å². The number of ether oxygens (including phenoxy) is 1. The normalized spacial score (nSPS) is 13.7. The molecule has 0 bridgehead atoms. The molecule has 1 atom stereocenters. The molecule has 1 rings (SSSR count). The number of aliphatic hydroxyl groups excluding tert-OH is 1. The van der Waals surface area contributed by atoms with Crippen LogP contribution in [0.3, 0.4) is 0 Å². The summed E-state index contributed by atoms with van der Waals surface area (Å²) in [6.07, 6.45) is -4.91. The Hall–Kier alpha value is -1.85. The molecule has 0 amide bonds. The molecule has 0 saturated heterocycles. The molecule has 0 aliphatic carbocycles. The lowest BCUT2D eigenvalue weighted by Crippen LogP contribution is -2.43. The van der Waals surface area contributed by atoms with E-state index in [1.165, 1.54) is 0 Å². The smallest absolute Gasteiger partial charge is 0.480 e. The predicted octanol–water partition coefficient (Wildman–Crippen LogP) is 0.309. The molecule has 0 aliphatic heterocycles. The average molecular weight is 329 g/mol. The van der Waals surface area contributed by atoms with Crippen molar-refractivity contribution in [2.24, 2.45) is 0 Å². The standard InChI is InChI=1S/C10H10F3NO6S/c11-10(12,13)20-6-1-3-7(4-2-6)21(18,19)14-8(5-15)9(16)17/h1-4,8,14-15H,5H2,(H,16,17)/t8-/m1/s1. The van der Waals surface area contributed by atoms with Gasteiger partial charge in [0.25, 0.3) is 0 Å². The van der Waals surface area contributed by atoms with Crippen LogP contribution in [-0.2, 0) is 14.8 Å². The first kappa shape index (κ1) is 17.2. The highest BCUT2D eigenvalue weighted by atomic mass is 32.2. The highest BCUT2D eigenvalue weighted by molar-refractivity contribution is 7.89. The summed E-state index contributed by atoms with van der Waals surface area (Å²) in [5.74, 6) is -2.23. The van der Waals surface area contributed by atoms with E-state index in [1.807, 2.05) is 0 Å². The van der Waals surface area contributed by atoms with Gasteiger partial charge < -0.3 is 14.9 Å². The first-order valence-corrected chi connectivity index (χ1v) is 6.75. The monoisotopic (exact) mass is 329 g/mol. The molecular weight excluding hydrogens is 319 g/mol. The van der Waals surface area contributed by atoms with E-state index in [2.05, 4.69) is 4.74 Å². The Bertz CT molecular complexity index is 598. The third-order valence-electron chi connectivity index (χ3n) is 2.15. The zero-order valence-electron chi connectivity index (χ0n) is 10.2. The predicted molar refractivity (Wildman–Crippen MR) is 62.0 cm³/mol. The van der Waals surface area contributed by atoms with Gasteiger partial charge in [-0.2, -0.15) is 4.72 Å². The summed E-state index contributed by atoms with van der Waals surface area (Å²) in [5, 5.41) is 17.3. The number of hydrogen-bond donors (Lipinski definition) is 3. The summed E-state index contributed by atoms with van der Waals surface area (Å²) in [4.78, 5) is 10.1. The highest BCUT2D eigenvalue weighted by Crippen LogP contribution is 2.23. The van der Waals surface area contributed by atoms with Gasteiger partial charge >= 0.3 is 12.3 Å². The first-order valence-electron chi connectivity index (χ1n) is 5.27. The van der Waals surface area contributed by atoms with Crippen molar-refractivity contribution >= 4 is 16.0 Å². The number of benzene rings is 1. The molecule has 21 heavy (non-hydrogen) atoms. The number of sulfonamides is 1. The summed E-state index contributed by atoms with van der Waals surface area (Å²) in [7, 11) is -4.30. The van der Waals surface area contributed by atoms with Crippen LogP contribution in [0.15, 0.2) is 29.2 Å². The van der Waals surface area contributed by atoms with Gasteiger partial charge in [-0.3, -0.25) is 4.79 Å². The molecule has 118 valence electrons. The second kappa shape index (κ2) is 6.28. The number of carbonyl (C=O) groups is 1. The summed E-state index contributed by atoms with van der Waals surface area (Å²) in [5.41, 5.74) is 0. The van der Waals surface area contributed by atoms with Crippen LogP contribution >= 0.6 is 0 Å². The highest BCUT2D eigenvalue weighted by Gasteiger charge is 2.31. The molecule has 0 heterocycles. The van der Waals surface area contributed by atoms with Crippen LogP contribution < -0.4 is 9.46 Å². The van der Waals surface area contributed by atoms with E-state index in [-0.39, 0.29) is 0 Å². The number of hydrogen-bond acceptors (Lipinski definition) is 5. The van der Waals surface area contributed by atoms with Gasteiger partial charge in [-0.25, -0.2) is 8.42 Å². The SMILES string of the molecule is O=C(O)[C@@H](CO)NS(=O)(=O)c1ccc(OC(F)(F)F)cc1. The summed E-state index contributed by atoms with van der Waals surface area (Å²) >= 11 is 0. The first-order chi connectivity index (χ1) is 9.55. The van der Waals surface area contributed by atoms with Crippen LogP contribution in [0.5, 0.6) is 5.75 Å². The molecule has 1 aromatic carbocycles. The van der Waals surface area contributed by atoms with E-state index in [1.54, 1.807) is 4.72 Å². The Morgan fingerprint density at radius 3 is 2.19 bits per heavy atom. The molecule has 0 unspecified atom stereocenters. The maximum absolute atomic E-state index is 11.9. The second-order valence-corrected chi connectivity index (χ2v) is 5.43. The van der Waals surface area contributed by atoms with Crippen LogP contribution in [0.4, 0.5) is 13.2 Å². The Kier molecular flexibility index (Phi) is 5.15. The minimum Gasteiger partial charge on any atom is -0.480 e. The Balaban J connectivity index is 2.92. The number of halogens is 3. The number of nitrogens with one attached hydrogen (secondary N) is 1. The molecular formula is C10H10F3NO6S. The van der Waals surface area contributed by atoms with Gasteiger partial charge in [-0.15, -0.1) is 13.2 Å². The average Bonchev–Trinajstić information content (AvgIpc) is 2.34. The fraction of sp³-hybridized carbons (Fsp3) is 0.300. The molecule has 3 N–H and O–H groups in total. The number of carboxylic acid groups (broad SMARTS) is 1. The van der Waals surface area contributed by atoms with Crippen LogP contribution in [0.1, 0.15) is 0 Å². The number of rotatable bonds is 6. The van der Waals surface area contributed by atoms with Gasteiger partial charge in [0.15, 0.2) is 0 Å². The lowest BCUT2D eigenvalue weighted by Gasteiger charge is -2.13. The molecule has 0 radical (unpaired) electrons. The molecule has 0 aromatic heterocycles.